The Kier molecular flexibility index (Phi) is 13.9. The van der Waals surface area contributed by atoms with E-state index in [2.05, 4.69) is 363 Å². The van der Waals surface area contributed by atoms with Gasteiger partial charge >= 0.3 is 0 Å². The molecule has 0 bridgehead atoms. The first-order valence-corrected chi connectivity index (χ1v) is 38.4. The van der Waals surface area contributed by atoms with E-state index in [-0.39, 0.29) is 32.5 Å². The Hall–Kier alpha value is -10.7. The number of nitrogens with zero attached hydrogens (tertiary/aromatic N) is 4. The fourth-order valence-electron chi connectivity index (χ4n) is 18.0. The van der Waals surface area contributed by atoms with Crippen LogP contribution in [-0.4, -0.2) is 19.1 Å². The molecule has 5 heteroatoms. The number of aromatic nitrogens is 4. The molecule has 17 aromatic rings. The van der Waals surface area contributed by atoms with Crippen LogP contribution >= 0.6 is 11.3 Å². The van der Waals surface area contributed by atoms with Gasteiger partial charge in [-0.05, 0) is 206 Å². The van der Waals surface area contributed by atoms with Crippen molar-refractivity contribution < 1.29 is 0 Å². The molecule has 2 aliphatic carbocycles. The van der Waals surface area contributed by atoms with Gasteiger partial charge in [0.25, 0.3) is 0 Å². The zero-order chi connectivity index (χ0) is 72.5. The van der Waals surface area contributed by atoms with Crippen molar-refractivity contribution in [2.24, 2.45) is 0 Å². The van der Waals surface area contributed by atoms with Crippen LogP contribution in [0, 0.1) is 0 Å². The quantitative estimate of drug-likeness (QED) is 0.156. The van der Waals surface area contributed by atoms with Gasteiger partial charge in [0.05, 0.1) is 42.9 Å². The summed E-state index contributed by atoms with van der Waals surface area (Å²) in [6.07, 6.45) is 0. The molecule has 0 N–H and O–H groups in total. The Morgan fingerprint density at radius 1 is 0.267 bits per heavy atom. The molecule has 2 aliphatic rings. The molecule has 0 atom stereocenters. The van der Waals surface area contributed by atoms with Gasteiger partial charge in [-0.3, -0.25) is 0 Å². The van der Waals surface area contributed by atoms with E-state index in [4.69, 9.17) is 9.97 Å². The summed E-state index contributed by atoms with van der Waals surface area (Å²) in [6.45, 7) is 37.3. The van der Waals surface area contributed by atoms with Crippen LogP contribution in [0.25, 0.3) is 164 Å². The average molecular weight is 1380 g/mol. The second kappa shape index (κ2) is 22.4. The topological polar surface area (TPSA) is 35.6 Å². The van der Waals surface area contributed by atoms with Crippen molar-refractivity contribution in [3.8, 4) is 76.8 Å². The number of fused-ring (bicyclic) bond motifs is 19. The summed E-state index contributed by atoms with van der Waals surface area (Å²) < 4.78 is 4.93. The maximum absolute atomic E-state index is 6.13. The second-order valence-electron chi connectivity index (χ2n) is 35.4. The average Bonchev–Trinajstić information content (AvgIpc) is 1.63. The third-order valence-electron chi connectivity index (χ3n) is 24.0. The molecule has 4 nitrogen and oxygen atoms in total. The lowest BCUT2D eigenvalue weighted by Gasteiger charge is -2.21. The van der Waals surface area contributed by atoms with Crippen molar-refractivity contribution in [3.05, 3.63) is 287 Å². The van der Waals surface area contributed by atoms with Crippen LogP contribution in [0.2, 0.25) is 0 Å². The van der Waals surface area contributed by atoms with E-state index < -0.39 is 0 Å². The van der Waals surface area contributed by atoms with E-state index in [0.29, 0.717) is 0 Å². The fraction of sp³-hybridized carbons (Fsp3) is 0.220. The SMILES string of the molecule is CC(C)(C)c1ccc2c(c1)c1cc(C(C)(C)C)ccc1n2-c1ccc(-c2ccc3c(c2)c2cc(-c4ccc(-n5c6ccc(C(C)(C)C)cc6c6cc(C(C)(C)C)ccc65)cc4)ccc2c2nc4c(-c5cccc6c5-c5ccccc5C6(C)C)sc(-c5cccc6c5-c5ccccc5C6(C)C)c4nc32)cc1. The smallest absolute Gasteiger partial charge is 0.109 e. The summed E-state index contributed by atoms with van der Waals surface area (Å²) in [6, 6.07) is 93.1. The molecule has 13 aromatic carbocycles. The van der Waals surface area contributed by atoms with Crippen molar-refractivity contribution >= 4 is 98.6 Å². The highest BCUT2D eigenvalue weighted by Crippen LogP contribution is 2.58. The molecular weight excluding hydrogens is 1290 g/mol. The lowest BCUT2D eigenvalue weighted by Crippen LogP contribution is -2.14. The Bertz CT molecular complexity index is 6050. The van der Waals surface area contributed by atoms with Gasteiger partial charge < -0.3 is 9.13 Å². The van der Waals surface area contributed by atoms with E-state index in [1.54, 1.807) is 0 Å². The first-order valence-electron chi connectivity index (χ1n) is 37.6. The minimum Gasteiger partial charge on any atom is -0.309 e. The monoisotopic (exact) mass is 1380 g/mol. The highest BCUT2D eigenvalue weighted by Gasteiger charge is 2.40. The number of hydrogen-bond donors (Lipinski definition) is 0. The highest BCUT2D eigenvalue weighted by molar-refractivity contribution is 7.21. The maximum atomic E-state index is 6.13. The third kappa shape index (κ3) is 9.82. The molecule has 0 amide bonds. The molecule has 4 aromatic heterocycles. The fourth-order valence-corrected chi connectivity index (χ4v) is 19.2. The first kappa shape index (κ1) is 65.1. The third-order valence-corrected chi connectivity index (χ3v) is 25.2. The Morgan fingerprint density at radius 3 is 0.905 bits per heavy atom. The molecule has 514 valence electrons. The number of rotatable bonds is 6. The molecule has 4 heterocycles. The largest absolute Gasteiger partial charge is 0.309 e. The van der Waals surface area contributed by atoms with Crippen molar-refractivity contribution in [2.75, 3.05) is 0 Å². The highest BCUT2D eigenvalue weighted by atomic mass is 32.1. The van der Waals surface area contributed by atoms with Gasteiger partial charge in [0.15, 0.2) is 0 Å². The molecule has 0 saturated carbocycles. The zero-order valence-electron chi connectivity index (χ0n) is 63.3. The summed E-state index contributed by atoms with van der Waals surface area (Å²) in [7, 11) is 0. The minimum atomic E-state index is -0.183. The summed E-state index contributed by atoms with van der Waals surface area (Å²) in [5, 5.41) is 9.58. The lowest BCUT2D eigenvalue weighted by molar-refractivity contribution is 0.590. The van der Waals surface area contributed by atoms with E-state index in [1.165, 1.54) is 122 Å². The summed E-state index contributed by atoms with van der Waals surface area (Å²) in [5.41, 5.74) is 33.3. The van der Waals surface area contributed by atoms with Gasteiger partial charge in [0, 0.05) is 65.6 Å². The molecule has 0 unspecified atom stereocenters. The van der Waals surface area contributed by atoms with Crippen LogP contribution in [-0.2, 0) is 32.5 Å². The second-order valence-corrected chi connectivity index (χ2v) is 36.4. The predicted molar refractivity (Wildman–Crippen MR) is 450 cm³/mol. The van der Waals surface area contributed by atoms with E-state index in [9.17, 15) is 0 Å². The van der Waals surface area contributed by atoms with E-state index in [1.807, 2.05) is 11.3 Å². The predicted octanol–water partition coefficient (Wildman–Crippen LogP) is 27.8. The Morgan fingerprint density at radius 2 is 0.571 bits per heavy atom. The van der Waals surface area contributed by atoms with Gasteiger partial charge in [-0.25, -0.2) is 9.97 Å². The lowest BCUT2D eigenvalue weighted by atomic mass is 9.82. The number of benzene rings is 13. The van der Waals surface area contributed by atoms with Crippen molar-refractivity contribution in [1.29, 1.82) is 0 Å². The van der Waals surface area contributed by atoms with Crippen molar-refractivity contribution in [2.45, 2.75) is 143 Å². The van der Waals surface area contributed by atoms with Crippen LogP contribution in [0.15, 0.2) is 243 Å². The Labute approximate surface area is 620 Å². The zero-order valence-corrected chi connectivity index (χ0v) is 64.1. The van der Waals surface area contributed by atoms with Crippen LogP contribution in [0.5, 0.6) is 0 Å². The molecule has 0 radical (unpaired) electrons. The minimum absolute atomic E-state index is 0.0113. The molecule has 105 heavy (non-hydrogen) atoms. The van der Waals surface area contributed by atoms with Gasteiger partial charge in [-0.2, -0.15) is 0 Å². The molecule has 0 spiro atoms. The van der Waals surface area contributed by atoms with Gasteiger partial charge in [0.1, 0.15) is 11.0 Å². The van der Waals surface area contributed by atoms with Gasteiger partial charge in [-0.1, -0.05) is 269 Å². The molecule has 0 aliphatic heterocycles. The standard InChI is InChI=1S/C100H88N4S/c1-95(2,3)61-37-47-83-75(53-61)76-54-62(96(4,5)6)38-48-84(76)103(83)65-41-31-57(32-42-65)59-35-45-67-73(51-59)74-52-60(58-33-43-66(44-34-58)104-85-49-39-63(97(7,8)9)55-77(85)78-56-64(98(10,11)12)40-50-86(78)104)36-46-68(74)90-89(67)101-91-92(102-90)94(72-26-22-30-82-88(72)70-24-18-20-28-80(70)100(82,15)16)105-93(91)71-25-21-29-81-87(71)69-23-17-19-27-79(69)99(81,13)14/h17-56H,1-16H3. The van der Waals surface area contributed by atoms with Crippen LogP contribution in [0.3, 0.4) is 0 Å². The van der Waals surface area contributed by atoms with Crippen LogP contribution in [0.1, 0.15) is 155 Å². The molecule has 19 rings (SSSR count). The van der Waals surface area contributed by atoms with Gasteiger partial charge in [-0.15, -0.1) is 11.3 Å². The Balaban J connectivity index is 0.831. The molecular formula is C100H88N4S. The molecule has 0 fully saturated rings. The van der Waals surface area contributed by atoms with E-state index in [0.717, 1.165) is 87.0 Å². The number of hydrogen-bond acceptors (Lipinski definition) is 3. The maximum Gasteiger partial charge on any atom is 0.109 e. The summed E-state index contributed by atoms with van der Waals surface area (Å²) >= 11 is 1.86. The number of thiophene rings is 1. The molecule has 0 saturated heterocycles. The first-order chi connectivity index (χ1) is 50.1. The van der Waals surface area contributed by atoms with Crippen LogP contribution in [0.4, 0.5) is 0 Å². The normalized spacial score (nSPS) is 14.2. The van der Waals surface area contributed by atoms with Gasteiger partial charge in [0.2, 0.25) is 0 Å². The van der Waals surface area contributed by atoms with Crippen LogP contribution < -0.4 is 0 Å². The van der Waals surface area contributed by atoms with Crippen molar-refractivity contribution in [1.82, 2.24) is 19.1 Å². The van der Waals surface area contributed by atoms with Crippen molar-refractivity contribution in [3.63, 3.8) is 0 Å². The summed E-state index contributed by atoms with van der Waals surface area (Å²) in [4.78, 5) is 14.5. The summed E-state index contributed by atoms with van der Waals surface area (Å²) in [5.74, 6) is 0. The van der Waals surface area contributed by atoms with E-state index >= 15 is 0 Å².